The average Bonchev–Trinajstić information content (AvgIpc) is 2.82. The van der Waals surface area contributed by atoms with E-state index < -0.39 is 23.5 Å². The lowest BCUT2D eigenvalue weighted by atomic mass is 9.99. The number of aliphatic carboxylic acids is 1. The Balaban J connectivity index is 1.90. The molecular formula is C15H17F2NO3. The maximum atomic E-state index is 13.1. The van der Waals surface area contributed by atoms with E-state index in [9.17, 15) is 18.4 Å². The van der Waals surface area contributed by atoms with E-state index in [1.165, 1.54) is 11.0 Å². The summed E-state index contributed by atoms with van der Waals surface area (Å²) in [5.41, 5.74) is 0.546. The van der Waals surface area contributed by atoms with Crippen LogP contribution in [0.3, 0.4) is 0 Å². The first-order chi connectivity index (χ1) is 9.88. The summed E-state index contributed by atoms with van der Waals surface area (Å²) in [6.07, 6.45) is 0.461. The summed E-state index contributed by atoms with van der Waals surface area (Å²) in [4.78, 5) is 24.6. The molecule has 0 bridgehead atoms. The molecule has 114 valence electrons. The second-order valence-electron chi connectivity index (χ2n) is 5.47. The van der Waals surface area contributed by atoms with Crippen molar-refractivity contribution in [1.29, 1.82) is 0 Å². The number of benzene rings is 1. The Morgan fingerprint density at radius 1 is 1.29 bits per heavy atom. The third-order valence-corrected chi connectivity index (χ3v) is 3.89. The summed E-state index contributed by atoms with van der Waals surface area (Å²) >= 11 is 0. The molecular weight excluding hydrogens is 280 g/mol. The van der Waals surface area contributed by atoms with Gasteiger partial charge in [-0.2, -0.15) is 0 Å². The number of carboxylic acid groups (broad SMARTS) is 1. The molecule has 4 nitrogen and oxygen atoms in total. The molecule has 1 heterocycles. The van der Waals surface area contributed by atoms with Gasteiger partial charge in [-0.15, -0.1) is 0 Å². The number of nitrogens with zero attached hydrogens (tertiary/aromatic N) is 1. The minimum absolute atomic E-state index is 0.0743. The Morgan fingerprint density at radius 3 is 2.57 bits per heavy atom. The molecule has 1 aliphatic rings. The van der Waals surface area contributed by atoms with Crippen LogP contribution in [0.4, 0.5) is 8.78 Å². The lowest BCUT2D eigenvalue weighted by Gasteiger charge is -2.15. The first-order valence-corrected chi connectivity index (χ1v) is 6.83. The molecule has 1 amide bonds. The number of hydrogen-bond acceptors (Lipinski definition) is 2. The van der Waals surface area contributed by atoms with Crippen molar-refractivity contribution >= 4 is 11.9 Å². The van der Waals surface area contributed by atoms with E-state index >= 15 is 0 Å². The van der Waals surface area contributed by atoms with Crippen molar-refractivity contribution in [3.05, 3.63) is 35.4 Å². The number of amides is 1. The minimum Gasteiger partial charge on any atom is -0.481 e. The highest BCUT2D eigenvalue weighted by atomic mass is 19.2. The molecule has 1 saturated heterocycles. The summed E-state index contributed by atoms with van der Waals surface area (Å²) in [7, 11) is 0. The summed E-state index contributed by atoms with van der Waals surface area (Å²) in [5.74, 6) is -3.50. The van der Waals surface area contributed by atoms with Crippen molar-refractivity contribution in [2.75, 3.05) is 13.1 Å². The Labute approximate surface area is 121 Å². The summed E-state index contributed by atoms with van der Waals surface area (Å²) in [6.45, 7) is 2.45. The van der Waals surface area contributed by atoms with Crippen LogP contribution in [0.5, 0.6) is 0 Å². The van der Waals surface area contributed by atoms with Gasteiger partial charge in [0.05, 0.1) is 5.92 Å². The molecule has 2 rings (SSSR count). The fourth-order valence-corrected chi connectivity index (χ4v) is 2.60. The Kier molecular flexibility index (Phi) is 4.55. The average molecular weight is 297 g/mol. The molecule has 21 heavy (non-hydrogen) atoms. The molecule has 1 fully saturated rings. The molecule has 0 aromatic heterocycles. The molecule has 0 radical (unpaired) electrons. The zero-order chi connectivity index (χ0) is 15.6. The summed E-state index contributed by atoms with van der Waals surface area (Å²) in [5, 5.41) is 9.03. The van der Waals surface area contributed by atoms with Crippen LogP contribution in [-0.4, -0.2) is 35.0 Å². The van der Waals surface area contributed by atoms with Gasteiger partial charge in [0.1, 0.15) is 0 Å². The van der Waals surface area contributed by atoms with Crippen LogP contribution < -0.4 is 0 Å². The van der Waals surface area contributed by atoms with E-state index in [0.29, 0.717) is 18.5 Å². The molecule has 1 aromatic rings. The fourth-order valence-electron chi connectivity index (χ4n) is 2.60. The van der Waals surface area contributed by atoms with Gasteiger partial charge in [0.2, 0.25) is 5.91 Å². The number of hydrogen-bond donors (Lipinski definition) is 1. The van der Waals surface area contributed by atoms with Crippen molar-refractivity contribution in [2.45, 2.75) is 19.8 Å². The summed E-state index contributed by atoms with van der Waals surface area (Å²) in [6, 6.07) is 3.56. The second kappa shape index (κ2) is 6.20. The van der Waals surface area contributed by atoms with Crippen LogP contribution in [0.15, 0.2) is 18.2 Å². The highest BCUT2D eigenvalue weighted by Crippen LogP contribution is 2.24. The molecule has 6 heteroatoms. The maximum absolute atomic E-state index is 13.1. The first-order valence-electron chi connectivity index (χ1n) is 6.83. The predicted octanol–water partition coefficient (Wildman–Crippen LogP) is 2.08. The number of carboxylic acids is 1. The third-order valence-electron chi connectivity index (χ3n) is 3.89. The predicted molar refractivity (Wildman–Crippen MR) is 71.5 cm³/mol. The molecule has 2 atom stereocenters. The molecule has 1 aliphatic heterocycles. The maximum Gasteiger partial charge on any atom is 0.308 e. The highest BCUT2D eigenvalue weighted by Gasteiger charge is 2.36. The van der Waals surface area contributed by atoms with Gasteiger partial charge < -0.3 is 10.0 Å². The van der Waals surface area contributed by atoms with Crippen molar-refractivity contribution < 1.29 is 23.5 Å². The number of carbonyl (C=O) groups is 2. The number of likely N-dealkylation sites (tertiary alicyclic amines) is 1. The molecule has 0 aliphatic carbocycles. The van der Waals surface area contributed by atoms with E-state index in [-0.39, 0.29) is 24.8 Å². The minimum atomic E-state index is -0.930. The van der Waals surface area contributed by atoms with Crippen molar-refractivity contribution in [3.63, 3.8) is 0 Å². The van der Waals surface area contributed by atoms with Crippen molar-refractivity contribution in [2.24, 2.45) is 11.8 Å². The van der Waals surface area contributed by atoms with Crippen LogP contribution in [0, 0.1) is 23.5 Å². The molecule has 0 spiro atoms. The third kappa shape index (κ3) is 3.56. The van der Waals surface area contributed by atoms with Gasteiger partial charge in [0.25, 0.3) is 0 Å². The zero-order valence-corrected chi connectivity index (χ0v) is 11.7. The SMILES string of the molecule is CC1CN(C(=O)CCc2ccc(F)c(F)c2)CC1C(=O)O. The Hall–Kier alpha value is -1.98. The van der Waals surface area contributed by atoms with Crippen LogP contribution in [0.25, 0.3) is 0 Å². The normalized spacial score (nSPS) is 21.6. The second-order valence-corrected chi connectivity index (χ2v) is 5.47. The quantitative estimate of drug-likeness (QED) is 0.925. The Bertz CT molecular complexity index is 562. The Morgan fingerprint density at radius 2 is 2.00 bits per heavy atom. The first kappa shape index (κ1) is 15.4. The van der Waals surface area contributed by atoms with E-state index in [4.69, 9.17) is 5.11 Å². The van der Waals surface area contributed by atoms with E-state index in [0.717, 1.165) is 12.1 Å². The molecule has 2 unspecified atom stereocenters. The van der Waals surface area contributed by atoms with E-state index in [1.54, 1.807) is 6.92 Å². The largest absolute Gasteiger partial charge is 0.481 e. The monoisotopic (exact) mass is 297 g/mol. The molecule has 1 aromatic carbocycles. The summed E-state index contributed by atoms with van der Waals surface area (Å²) < 4.78 is 25.9. The standard InChI is InChI=1S/C15H17F2NO3/c1-9-7-18(8-11(9)15(20)21)14(19)5-3-10-2-4-12(16)13(17)6-10/h2,4,6,9,11H,3,5,7-8H2,1H3,(H,20,21). The van der Waals surface area contributed by atoms with Gasteiger partial charge in [-0.25, -0.2) is 8.78 Å². The van der Waals surface area contributed by atoms with Gasteiger partial charge >= 0.3 is 5.97 Å². The van der Waals surface area contributed by atoms with Gasteiger partial charge in [-0.3, -0.25) is 9.59 Å². The lowest BCUT2D eigenvalue weighted by Crippen LogP contribution is -2.30. The highest BCUT2D eigenvalue weighted by molar-refractivity contribution is 5.79. The lowest BCUT2D eigenvalue weighted by molar-refractivity contribution is -0.142. The smallest absolute Gasteiger partial charge is 0.308 e. The number of halogens is 2. The molecule has 1 N–H and O–H groups in total. The van der Waals surface area contributed by atoms with Crippen LogP contribution in [0.2, 0.25) is 0 Å². The van der Waals surface area contributed by atoms with Crippen LogP contribution in [0.1, 0.15) is 18.9 Å². The van der Waals surface area contributed by atoms with Crippen LogP contribution >= 0.6 is 0 Å². The van der Waals surface area contributed by atoms with Gasteiger partial charge in [0.15, 0.2) is 11.6 Å². The van der Waals surface area contributed by atoms with E-state index in [2.05, 4.69) is 0 Å². The van der Waals surface area contributed by atoms with Crippen LogP contribution in [-0.2, 0) is 16.0 Å². The number of carbonyl (C=O) groups excluding carboxylic acids is 1. The van der Waals surface area contributed by atoms with Gasteiger partial charge in [-0.1, -0.05) is 13.0 Å². The van der Waals surface area contributed by atoms with Gasteiger partial charge in [-0.05, 0) is 30.0 Å². The topological polar surface area (TPSA) is 57.6 Å². The number of rotatable bonds is 4. The fraction of sp³-hybridized carbons (Fsp3) is 0.467. The van der Waals surface area contributed by atoms with Gasteiger partial charge in [0, 0.05) is 19.5 Å². The zero-order valence-electron chi connectivity index (χ0n) is 11.7. The van der Waals surface area contributed by atoms with Crippen molar-refractivity contribution in [3.8, 4) is 0 Å². The molecule has 0 saturated carbocycles. The van der Waals surface area contributed by atoms with E-state index in [1.807, 2.05) is 0 Å². The number of aryl methyl sites for hydroxylation is 1. The van der Waals surface area contributed by atoms with Crippen molar-refractivity contribution in [1.82, 2.24) is 4.90 Å².